The fraction of sp³-hybridized carbons (Fsp3) is 0. The number of hydrogen-bond acceptors (Lipinski definition) is 5. The second kappa shape index (κ2) is 7.55. The van der Waals surface area contributed by atoms with Gasteiger partial charge < -0.3 is 10.6 Å². The number of amides is 1. The van der Waals surface area contributed by atoms with Crippen LogP contribution in [0.4, 0.5) is 30.5 Å². The molecule has 0 aliphatic carbocycles. The number of hydrogen-bond donors (Lipinski definition) is 2. The molecule has 4 aromatic rings. The van der Waals surface area contributed by atoms with Crippen LogP contribution in [0.3, 0.4) is 0 Å². The maximum Gasteiger partial charge on any atom is 0.258 e. The Balaban J connectivity index is 1.52. The second-order valence-corrected chi connectivity index (χ2v) is 5.98. The van der Waals surface area contributed by atoms with Gasteiger partial charge in [0.1, 0.15) is 0 Å². The molecule has 0 unspecified atom stereocenters. The molecule has 0 fully saturated rings. The Labute approximate surface area is 162 Å². The van der Waals surface area contributed by atoms with E-state index < -0.39 is 23.4 Å². The van der Waals surface area contributed by atoms with Crippen molar-refractivity contribution >= 4 is 34.1 Å². The molecule has 0 aliphatic rings. The van der Waals surface area contributed by atoms with E-state index in [1.54, 1.807) is 24.4 Å². The highest BCUT2D eigenvalue weighted by atomic mass is 19.2. The summed E-state index contributed by atoms with van der Waals surface area (Å²) in [4.78, 5) is 24.6. The predicted octanol–water partition coefficient (Wildman–Crippen LogP) is 4.44. The molecule has 0 radical (unpaired) electrons. The van der Waals surface area contributed by atoms with Crippen LogP contribution in [0.5, 0.6) is 0 Å². The van der Waals surface area contributed by atoms with E-state index in [0.29, 0.717) is 11.2 Å². The zero-order chi connectivity index (χ0) is 20.4. The first-order valence-electron chi connectivity index (χ1n) is 8.40. The number of nitrogens with zero attached hydrogens (tertiary/aromatic N) is 3. The van der Waals surface area contributed by atoms with Gasteiger partial charge in [0.15, 0.2) is 17.5 Å². The molecule has 1 amide bonds. The van der Waals surface area contributed by atoms with Crippen LogP contribution in [-0.4, -0.2) is 20.9 Å². The third-order valence-corrected chi connectivity index (χ3v) is 4.08. The predicted molar refractivity (Wildman–Crippen MR) is 101 cm³/mol. The minimum absolute atomic E-state index is 0.0849. The molecule has 2 N–H and O–H groups in total. The minimum atomic E-state index is -1.60. The van der Waals surface area contributed by atoms with Gasteiger partial charge in [0.05, 0.1) is 22.5 Å². The highest BCUT2D eigenvalue weighted by Crippen LogP contribution is 2.23. The van der Waals surface area contributed by atoms with E-state index in [1.165, 1.54) is 12.4 Å². The first-order valence-corrected chi connectivity index (χ1v) is 8.40. The maximum atomic E-state index is 13.7. The first-order chi connectivity index (χ1) is 14.0. The zero-order valence-electron chi connectivity index (χ0n) is 14.7. The van der Waals surface area contributed by atoms with E-state index in [9.17, 15) is 18.0 Å². The molecular formula is C20H12F3N5O. The van der Waals surface area contributed by atoms with Gasteiger partial charge in [0.2, 0.25) is 5.95 Å². The van der Waals surface area contributed by atoms with Crippen molar-refractivity contribution in [2.45, 2.75) is 0 Å². The van der Waals surface area contributed by atoms with Crippen molar-refractivity contribution in [2.24, 2.45) is 0 Å². The number of benzene rings is 2. The van der Waals surface area contributed by atoms with Crippen LogP contribution in [-0.2, 0) is 0 Å². The third-order valence-electron chi connectivity index (χ3n) is 4.08. The van der Waals surface area contributed by atoms with E-state index >= 15 is 0 Å². The average molecular weight is 395 g/mol. The van der Waals surface area contributed by atoms with Gasteiger partial charge in [-0.05, 0) is 24.3 Å². The Kier molecular flexibility index (Phi) is 4.78. The van der Waals surface area contributed by atoms with E-state index in [2.05, 4.69) is 25.6 Å². The molecule has 0 saturated heterocycles. The third kappa shape index (κ3) is 3.70. The lowest BCUT2D eigenvalue weighted by atomic mass is 10.2. The highest BCUT2D eigenvalue weighted by Gasteiger charge is 2.15. The number of rotatable bonds is 4. The summed E-state index contributed by atoms with van der Waals surface area (Å²) in [6, 6.07) is 10.8. The molecule has 2 aromatic carbocycles. The fourth-order valence-corrected chi connectivity index (χ4v) is 2.65. The van der Waals surface area contributed by atoms with Gasteiger partial charge in [-0.25, -0.2) is 23.1 Å². The van der Waals surface area contributed by atoms with Crippen molar-refractivity contribution in [2.75, 3.05) is 10.6 Å². The average Bonchev–Trinajstić information content (AvgIpc) is 2.75. The summed E-state index contributed by atoms with van der Waals surface area (Å²) in [7, 11) is 0. The van der Waals surface area contributed by atoms with Crippen LogP contribution in [0.15, 0.2) is 61.1 Å². The summed E-state index contributed by atoms with van der Waals surface area (Å²) in [5.74, 6) is -4.84. The van der Waals surface area contributed by atoms with Gasteiger partial charge in [-0.15, -0.1) is 0 Å². The Bertz CT molecular complexity index is 1210. The summed E-state index contributed by atoms with van der Waals surface area (Å²) >= 11 is 0. The van der Waals surface area contributed by atoms with Crippen molar-refractivity contribution in [3.63, 3.8) is 0 Å². The van der Waals surface area contributed by atoms with Crippen LogP contribution in [0.2, 0.25) is 0 Å². The maximum absolute atomic E-state index is 13.7. The number of carbonyl (C=O) groups excluding carboxylic acids is 1. The molecule has 0 bridgehead atoms. The Morgan fingerprint density at radius 2 is 1.59 bits per heavy atom. The van der Waals surface area contributed by atoms with Gasteiger partial charge in [-0.3, -0.25) is 9.78 Å². The molecule has 0 aliphatic heterocycles. The SMILES string of the molecule is O=C(Nc1cccc2cccnc12)c1cnc(Nc2ccc(F)c(F)c2F)nc1. The van der Waals surface area contributed by atoms with Gasteiger partial charge in [0.25, 0.3) is 5.91 Å². The van der Waals surface area contributed by atoms with Crippen LogP contribution in [0.1, 0.15) is 10.4 Å². The van der Waals surface area contributed by atoms with Crippen molar-refractivity contribution in [1.29, 1.82) is 0 Å². The van der Waals surface area contributed by atoms with E-state index in [0.717, 1.165) is 17.5 Å². The van der Waals surface area contributed by atoms with Crippen LogP contribution in [0, 0.1) is 17.5 Å². The van der Waals surface area contributed by atoms with Crippen molar-refractivity contribution in [3.05, 3.63) is 84.1 Å². The van der Waals surface area contributed by atoms with Crippen LogP contribution < -0.4 is 10.6 Å². The minimum Gasteiger partial charge on any atom is -0.322 e. The fourth-order valence-electron chi connectivity index (χ4n) is 2.65. The molecule has 0 spiro atoms. The second-order valence-electron chi connectivity index (χ2n) is 5.98. The quantitative estimate of drug-likeness (QED) is 0.500. The lowest BCUT2D eigenvalue weighted by Gasteiger charge is -2.09. The monoisotopic (exact) mass is 395 g/mol. The van der Waals surface area contributed by atoms with Gasteiger partial charge in [0, 0.05) is 24.0 Å². The molecule has 9 heteroatoms. The number of halogens is 3. The summed E-state index contributed by atoms with van der Waals surface area (Å²) in [5, 5.41) is 6.04. The molecule has 29 heavy (non-hydrogen) atoms. The smallest absolute Gasteiger partial charge is 0.258 e. The summed E-state index contributed by atoms with van der Waals surface area (Å²) in [6.45, 7) is 0. The summed E-state index contributed by atoms with van der Waals surface area (Å²) < 4.78 is 40.0. The number of nitrogens with one attached hydrogen (secondary N) is 2. The first kappa shape index (κ1) is 18.4. The van der Waals surface area contributed by atoms with Gasteiger partial charge in [-0.2, -0.15) is 0 Å². The Hall–Kier alpha value is -4.01. The molecule has 4 rings (SSSR count). The lowest BCUT2D eigenvalue weighted by Crippen LogP contribution is -2.13. The molecule has 144 valence electrons. The molecule has 2 aromatic heterocycles. The lowest BCUT2D eigenvalue weighted by molar-refractivity contribution is 0.102. The number of fused-ring (bicyclic) bond motifs is 1. The number of aromatic nitrogens is 3. The van der Waals surface area contributed by atoms with Crippen molar-refractivity contribution in [3.8, 4) is 0 Å². The topological polar surface area (TPSA) is 79.8 Å². The molecule has 0 atom stereocenters. The largest absolute Gasteiger partial charge is 0.322 e. The van der Waals surface area contributed by atoms with E-state index in [-0.39, 0.29) is 17.2 Å². The number of pyridine rings is 1. The molecule has 0 saturated carbocycles. The normalized spacial score (nSPS) is 10.7. The van der Waals surface area contributed by atoms with Gasteiger partial charge >= 0.3 is 0 Å². The molecular weight excluding hydrogens is 383 g/mol. The molecule has 6 nitrogen and oxygen atoms in total. The number of carbonyl (C=O) groups is 1. The number of para-hydroxylation sites is 1. The Morgan fingerprint density at radius 1 is 0.828 bits per heavy atom. The van der Waals surface area contributed by atoms with Crippen LogP contribution >= 0.6 is 0 Å². The highest BCUT2D eigenvalue weighted by molar-refractivity contribution is 6.08. The zero-order valence-corrected chi connectivity index (χ0v) is 14.7. The summed E-state index contributed by atoms with van der Waals surface area (Å²) in [6.07, 6.45) is 4.07. The van der Waals surface area contributed by atoms with Gasteiger partial charge in [-0.1, -0.05) is 18.2 Å². The van der Waals surface area contributed by atoms with Crippen molar-refractivity contribution in [1.82, 2.24) is 15.0 Å². The summed E-state index contributed by atoms with van der Waals surface area (Å²) in [5.41, 5.74) is 0.979. The number of anilines is 3. The van der Waals surface area contributed by atoms with Crippen molar-refractivity contribution < 1.29 is 18.0 Å². The standard InChI is InChI=1S/C20H12F3N5O/c21-13-6-7-14(17(23)16(13)22)28-20-25-9-12(10-26-20)19(29)27-15-5-1-3-11-4-2-8-24-18(11)15/h1-10H,(H,27,29)(H,25,26,28). The van der Waals surface area contributed by atoms with E-state index in [4.69, 9.17) is 0 Å². The van der Waals surface area contributed by atoms with E-state index in [1.807, 2.05) is 12.1 Å². The Morgan fingerprint density at radius 3 is 2.38 bits per heavy atom. The molecule has 2 heterocycles. The van der Waals surface area contributed by atoms with Crippen LogP contribution in [0.25, 0.3) is 10.9 Å².